The maximum Gasteiger partial charge on any atom is 0.241 e. The highest BCUT2D eigenvalue weighted by molar-refractivity contribution is 9.10. The fraction of sp³-hybridized carbons (Fsp3) is 0.500. The largest absolute Gasteiger partial charge is 0.385 e. The summed E-state index contributed by atoms with van der Waals surface area (Å²) in [4.78, 5) is 12.0. The van der Waals surface area contributed by atoms with E-state index in [0.29, 0.717) is 13.0 Å². The molecule has 0 saturated carbocycles. The van der Waals surface area contributed by atoms with Gasteiger partial charge in [-0.05, 0) is 49.9 Å². The molecule has 0 fully saturated rings. The van der Waals surface area contributed by atoms with Crippen molar-refractivity contribution in [2.45, 2.75) is 32.7 Å². The van der Waals surface area contributed by atoms with Crippen LogP contribution >= 0.6 is 15.9 Å². The Kier molecular flexibility index (Phi) is 6.48. The predicted molar refractivity (Wildman–Crippen MR) is 81.3 cm³/mol. The molecular weight excluding hydrogens is 308 g/mol. The van der Waals surface area contributed by atoms with E-state index in [0.717, 1.165) is 27.7 Å². The minimum atomic E-state index is -0.502. The molecule has 0 aromatic heterocycles. The van der Waals surface area contributed by atoms with Crippen LogP contribution < -0.4 is 11.1 Å². The lowest BCUT2D eigenvalue weighted by Gasteiger charge is -2.16. The van der Waals surface area contributed by atoms with E-state index in [1.54, 1.807) is 7.11 Å². The zero-order valence-corrected chi connectivity index (χ0v) is 13.2. The molecule has 0 aliphatic rings. The van der Waals surface area contributed by atoms with Crippen LogP contribution in [0.15, 0.2) is 16.6 Å². The van der Waals surface area contributed by atoms with Gasteiger partial charge in [0.05, 0.1) is 6.04 Å². The summed E-state index contributed by atoms with van der Waals surface area (Å²) in [6.45, 7) is 4.55. The highest BCUT2D eigenvalue weighted by Gasteiger charge is 2.15. The monoisotopic (exact) mass is 328 g/mol. The Morgan fingerprint density at radius 2 is 2.00 bits per heavy atom. The van der Waals surface area contributed by atoms with Crippen molar-refractivity contribution in [3.8, 4) is 0 Å². The minimum Gasteiger partial charge on any atom is -0.385 e. The van der Waals surface area contributed by atoms with E-state index in [-0.39, 0.29) is 5.91 Å². The summed E-state index contributed by atoms with van der Waals surface area (Å²) >= 11 is 3.43. The molecule has 3 N–H and O–H groups in total. The third-order valence-electron chi connectivity index (χ3n) is 2.95. The zero-order chi connectivity index (χ0) is 14.4. The first-order valence-electron chi connectivity index (χ1n) is 6.27. The maximum absolute atomic E-state index is 12.0. The number of rotatable bonds is 6. The van der Waals surface area contributed by atoms with E-state index in [1.807, 2.05) is 26.0 Å². The lowest BCUT2D eigenvalue weighted by molar-refractivity contribution is -0.117. The molecule has 1 aromatic rings. The molecule has 0 heterocycles. The van der Waals surface area contributed by atoms with E-state index < -0.39 is 6.04 Å². The van der Waals surface area contributed by atoms with Crippen LogP contribution in [0.3, 0.4) is 0 Å². The van der Waals surface area contributed by atoms with Gasteiger partial charge in [-0.3, -0.25) is 4.79 Å². The number of nitrogens with two attached hydrogens (primary N) is 1. The molecule has 106 valence electrons. The van der Waals surface area contributed by atoms with E-state index in [2.05, 4.69) is 21.2 Å². The van der Waals surface area contributed by atoms with Crippen molar-refractivity contribution in [2.75, 3.05) is 19.0 Å². The van der Waals surface area contributed by atoms with Gasteiger partial charge in [-0.2, -0.15) is 0 Å². The predicted octanol–water partition coefficient (Wildman–Crippen LogP) is 2.76. The molecule has 0 spiro atoms. The Hall–Kier alpha value is -0.910. The molecule has 1 amide bonds. The number of hydrogen-bond acceptors (Lipinski definition) is 3. The Morgan fingerprint density at radius 3 is 2.53 bits per heavy atom. The highest BCUT2D eigenvalue weighted by Crippen LogP contribution is 2.25. The standard InChI is InChI=1S/C14H21BrN2O2/c1-9-7-11(15)8-10(2)13(9)17-14(18)12(16)5-4-6-19-3/h7-8,12H,4-6,16H2,1-3H3,(H,17,18). The van der Waals surface area contributed by atoms with E-state index in [9.17, 15) is 4.79 Å². The topological polar surface area (TPSA) is 64.3 Å². The summed E-state index contributed by atoms with van der Waals surface area (Å²) in [5.74, 6) is -0.148. The van der Waals surface area contributed by atoms with Gasteiger partial charge in [-0.15, -0.1) is 0 Å². The maximum atomic E-state index is 12.0. The van der Waals surface area contributed by atoms with Gasteiger partial charge >= 0.3 is 0 Å². The second-order valence-corrected chi connectivity index (χ2v) is 5.56. The van der Waals surface area contributed by atoms with Gasteiger partial charge in [-0.1, -0.05) is 15.9 Å². The summed E-state index contributed by atoms with van der Waals surface area (Å²) in [7, 11) is 1.64. The van der Waals surface area contributed by atoms with Gasteiger partial charge in [0, 0.05) is 23.9 Å². The normalized spacial score (nSPS) is 12.3. The number of ether oxygens (including phenoxy) is 1. The number of anilines is 1. The second kappa shape index (κ2) is 7.62. The van der Waals surface area contributed by atoms with E-state index in [1.165, 1.54) is 0 Å². The van der Waals surface area contributed by atoms with Gasteiger partial charge in [0.1, 0.15) is 0 Å². The number of benzene rings is 1. The number of nitrogens with one attached hydrogen (secondary N) is 1. The quantitative estimate of drug-likeness (QED) is 0.789. The Morgan fingerprint density at radius 1 is 1.42 bits per heavy atom. The lowest BCUT2D eigenvalue weighted by atomic mass is 10.1. The molecule has 0 saturated heterocycles. The van der Waals surface area contributed by atoms with Crippen molar-refractivity contribution in [2.24, 2.45) is 5.73 Å². The highest BCUT2D eigenvalue weighted by atomic mass is 79.9. The van der Waals surface area contributed by atoms with Gasteiger partial charge in [0.2, 0.25) is 5.91 Å². The van der Waals surface area contributed by atoms with Crippen LogP contribution in [0, 0.1) is 13.8 Å². The summed E-state index contributed by atoms with van der Waals surface area (Å²) in [5.41, 5.74) is 8.74. The first-order valence-corrected chi connectivity index (χ1v) is 7.07. The third kappa shape index (κ3) is 4.93. The van der Waals surface area contributed by atoms with Crippen LogP contribution in [0.5, 0.6) is 0 Å². The molecule has 5 heteroatoms. The molecule has 0 aliphatic carbocycles. The zero-order valence-electron chi connectivity index (χ0n) is 11.6. The van der Waals surface area contributed by atoms with Crippen molar-refractivity contribution in [3.63, 3.8) is 0 Å². The van der Waals surface area contributed by atoms with Crippen molar-refractivity contribution in [3.05, 3.63) is 27.7 Å². The van der Waals surface area contributed by atoms with Crippen LogP contribution in [-0.2, 0) is 9.53 Å². The second-order valence-electron chi connectivity index (χ2n) is 4.65. The summed E-state index contributed by atoms with van der Waals surface area (Å²) in [6.07, 6.45) is 1.40. The number of amides is 1. The minimum absolute atomic E-state index is 0.148. The molecule has 4 nitrogen and oxygen atoms in total. The van der Waals surface area contributed by atoms with Crippen LogP contribution in [0.1, 0.15) is 24.0 Å². The average Bonchev–Trinajstić information content (AvgIpc) is 2.33. The molecule has 19 heavy (non-hydrogen) atoms. The van der Waals surface area contributed by atoms with Crippen LogP contribution in [0.2, 0.25) is 0 Å². The van der Waals surface area contributed by atoms with E-state index in [4.69, 9.17) is 10.5 Å². The fourth-order valence-corrected chi connectivity index (χ4v) is 2.59. The van der Waals surface area contributed by atoms with Crippen molar-refractivity contribution < 1.29 is 9.53 Å². The number of aryl methyl sites for hydroxylation is 2. The Bertz CT molecular complexity index is 426. The molecule has 0 aliphatic heterocycles. The molecular formula is C14H21BrN2O2. The number of carbonyl (C=O) groups excluding carboxylic acids is 1. The van der Waals surface area contributed by atoms with Gasteiger partial charge in [0.25, 0.3) is 0 Å². The first-order chi connectivity index (χ1) is 8.95. The summed E-state index contributed by atoms with van der Waals surface area (Å²) < 4.78 is 5.95. The number of methoxy groups -OCH3 is 1. The third-order valence-corrected chi connectivity index (χ3v) is 3.40. The molecule has 0 radical (unpaired) electrons. The van der Waals surface area contributed by atoms with Crippen LogP contribution in [0.25, 0.3) is 0 Å². The fourth-order valence-electron chi connectivity index (χ4n) is 1.90. The SMILES string of the molecule is COCCCC(N)C(=O)Nc1c(C)cc(Br)cc1C. The molecule has 1 aromatic carbocycles. The van der Waals surface area contributed by atoms with Gasteiger partial charge in [-0.25, -0.2) is 0 Å². The van der Waals surface area contributed by atoms with Crippen LogP contribution in [0.4, 0.5) is 5.69 Å². The van der Waals surface area contributed by atoms with Crippen LogP contribution in [-0.4, -0.2) is 25.7 Å². The first kappa shape index (κ1) is 16.1. The van der Waals surface area contributed by atoms with Gasteiger partial charge in [0.15, 0.2) is 0 Å². The molecule has 1 rings (SSSR count). The van der Waals surface area contributed by atoms with Crippen molar-refractivity contribution in [1.29, 1.82) is 0 Å². The number of carbonyl (C=O) groups is 1. The smallest absolute Gasteiger partial charge is 0.241 e. The van der Waals surface area contributed by atoms with E-state index >= 15 is 0 Å². The Labute approximate surface area is 122 Å². The number of halogens is 1. The van der Waals surface area contributed by atoms with Crippen molar-refractivity contribution >= 4 is 27.5 Å². The molecule has 1 atom stereocenters. The van der Waals surface area contributed by atoms with Crippen molar-refractivity contribution in [1.82, 2.24) is 0 Å². The Balaban J connectivity index is 2.66. The average molecular weight is 329 g/mol. The summed E-state index contributed by atoms with van der Waals surface area (Å²) in [5, 5.41) is 2.91. The summed E-state index contributed by atoms with van der Waals surface area (Å²) in [6, 6.07) is 3.44. The molecule has 0 bridgehead atoms. The number of hydrogen-bond donors (Lipinski definition) is 2. The lowest BCUT2D eigenvalue weighted by Crippen LogP contribution is -2.36. The molecule has 1 unspecified atom stereocenters. The van der Waals surface area contributed by atoms with Gasteiger partial charge < -0.3 is 15.8 Å².